The lowest BCUT2D eigenvalue weighted by molar-refractivity contribution is -0.164. The highest BCUT2D eigenvalue weighted by atomic mass is 19.4. The van der Waals surface area contributed by atoms with E-state index in [-0.39, 0.29) is 22.5 Å². The van der Waals surface area contributed by atoms with Crippen molar-refractivity contribution in [2.24, 2.45) is 0 Å². The van der Waals surface area contributed by atoms with Crippen molar-refractivity contribution in [2.45, 2.75) is 11.6 Å². The van der Waals surface area contributed by atoms with Gasteiger partial charge in [-0.25, -0.2) is 4.39 Å². The van der Waals surface area contributed by atoms with Crippen LogP contribution in [0.25, 0.3) is 0 Å². The molecule has 1 aliphatic rings. The molecule has 114 valence electrons. The smallest absolute Gasteiger partial charge is 0.350 e. The molecule has 2 aromatic rings. The molecule has 1 aromatic heterocycles. The van der Waals surface area contributed by atoms with E-state index in [9.17, 15) is 22.4 Å². The van der Waals surface area contributed by atoms with Gasteiger partial charge in [-0.15, -0.1) is 6.58 Å². The number of allylic oxidation sites excluding steroid dienone is 1. The van der Waals surface area contributed by atoms with Crippen LogP contribution in [0.4, 0.5) is 28.9 Å². The molecule has 7 heteroatoms. The van der Waals surface area contributed by atoms with Crippen LogP contribution in [0.3, 0.4) is 0 Å². The van der Waals surface area contributed by atoms with Crippen LogP contribution in [0.2, 0.25) is 0 Å². The van der Waals surface area contributed by atoms with Gasteiger partial charge in [-0.2, -0.15) is 13.2 Å². The van der Waals surface area contributed by atoms with Gasteiger partial charge in [0.2, 0.25) is 0 Å². The van der Waals surface area contributed by atoms with E-state index in [1.807, 2.05) is 0 Å². The number of halogens is 4. The molecular weight excluding hydrogens is 300 g/mol. The number of benzene rings is 1. The minimum absolute atomic E-state index is 0.0165. The van der Waals surface area contributed by atoms with Gasteiger partial charge < -0.3 is 10.3 Å². The van der Waals surface area contributed by atoms with Crippen molar-refractivity contribution in [1.82, 2.24) is 4.98 Å². The Morgan fingerprint density at radius 1 is 1.18 bits per heavy atom. The fourth-order valence-corrected chi connectivity index (χ4v) is 2.80. The second kappa shape index (κ2) is 4.46. The van der Waals surface area contributed by atoms with Crippen LogP contribution in [0, 0.1) is 5.82 Å². The SMILES string of the molecule is C=CC1(C(F)(F)F)c2cc(F)ccc2Nc2c1cc[nH]c2=O. The number of anilines is 2. The van der Waals surface area contributed by atoms with Crippen LogP contribution in [-0.4, -0.2) is 11.2 Å². The maximum absolute atomic E-state index is 13.9. The predicted octanol–water partition coefficient (Wildman–Crippen LogP) is 3.61. The highest BCUT2D eigenvalue weighted by molar-refractivity contribution is 5.77. The molecule has 0 saturated carbocycles. The van der Waals surface area contributed by atoms with E-state index < -0.39 is 23.0 Å². The topological polar surface area (TPSA) is 44.9 Å². The number of rotatable bonds is 1. The molecule has 22 heavy (non-hydrogen) atoms. The molecule has 0 fully saturated rings. The molecule has 2 N–H and O–H groups in total. The predicted molar refractivity (Wildman–Crippen MR) is 73.8 cm³/mol. The Bertz CT molecular complexity index is 825. The number of hydrogen-bond acceptors (Lipinski definition) is 2. The van der Waals surface area contributed by atoms with Crippen molar-refractivity contribution in [3.05, 3.63) is 70.4 Å². The summed E-state index contributed by atoms with van der Waals surface area (Å²) >= 11 is 0. The van der Waals surface area contributed by atoms with Crippen LogP contribution in [0.5, 0.6) is 0 Å². The third-order valence-electron chi connectivity index (χ3n) is 3.81. The number of pyridine rings is 1. The molecule has 0 bridgehead atoms. The van der Waals surface area contributed by atoms with E-state index in [0.717, 1.165) is 24.4 Å². The summed E-state index contributed by atoms with van der Waals surface area (Å²) < 4.78 is 55.2. The Kier molecular flexibility index (Phi) is 2.91. The van der Waals surface area contributed by atoms with Crippen molar-refractivity contribution in [3.8, 4) is 0 Å². The molecular formula is C15H10F4N2O. The van der Waals surface area contributed by atoms with Crippen LogP contribution >= 0.6 is 0 Å². The second-order valence-electron chi connectivity index (χ2n) is 4.92. The Labute approximate surface area is 122 Å². The Hall–Kier alpha value is -2.57. The number of alkyl halides is 3. The van der Waals surface area contributed by atoms with Crippen LogP contribution in [0.1, 0.15) is 11.1 Å². The van der Waals surface area contributed by atoms with Crippen LogP contribution < -0.4 is 10.9 Å². The monoisotopic (exact) mass is 310 g/mol. The summed E-state index contributed by atoms with van der Waals surface area (Å²) in [7, 11) is 0. The number of H-pyrrole nitrogens is 1. The molecule has 0 saturated heterocycles. The Balaban J connectivity index is 2.48. The molecule has 0 spiro atoms. The summed E-state index contributed by atoms with van der Waals surface area (Å²) in [5.74, 6) is -0.802. The van der Waals surface area contributed by atoms with Crippen molar-refractivity contribution in [3.63, 3.8) is 0 Å². The van der Waals surface area contributed by atoms with Crippen molar-refractivity contribution in [1.29, 1.82) is 0 Å². The third kappa shape index (κ3) is 1.71. The lowest BCUT2D eigenvalue weighted by atomic mass is 9.71. The molecule has 0 radical (unpaired) electrons. The van der Waals surface area contributed by atoms with Crippen molar-refractivity contribution < 1.29 is 17.6 Å². The summed E-state index contributed by atoms with van der Waals surface area (Å²) in [5, 5.41) is 2.64. The molecule has 1 unspecified atom stereocenters. The normalized spacial score (nSPS) is 19.8. The molecule has 3 nitrogen and oxygen atoms in total. The van der Waals surface area contributed by atoms with Gasteiger partial charge in [-0.1, -0.05) is 6.08 Å². The molecule has 2 heterocycles. The quantitative estimate of drug-likeness (QED) is 0.624. The van der Waals surface area contributed by atoms with Gasteiger partial charge >= 0.3 is 6.18 Å². The summed E-state index contributed by atoms with van der Waals surface area (Å²) in [6, 6.07) is 4.15. The summed E-state index contributed by atoms with van der Waals surface area (Å²) in [4.78, 5) is 14.2. The zero-order chi connectivity index (χ0) is 16.1. The largest absolute Gasteiger partial charge is 0.405 e. The fourth-order valence-electron chi connectivity index (χ4n) is 2.80. The Morgan fingerprint density at radius 3 is 2.55 bits per heavy atom. The van der Waals surface area contributed by atoms with Crippen molar-refractivity contribution in [2.75, 3.05) is 5.32 Å². The van der Waals surface area contributed by atoms with E-state index in [1.54, 1.807) is 0 Å². The van der Waals surface area contributed by atoms with E-state index in [2.05, 4.69) is 16.9 Å². The lowest BCUT2D eigenvalue weighted by Crippen LogP contribution is -2.45. The average Bonchev–Trinajstić information content (AvgIpc) is 2.44. The average molecular weight is 310 g/mol. The zero-order valence-corrected chi connectivity index (χ0v) is 11.1. The number of aromatic nitrogens is 1. The molecule has 3 rings (SSSR count). The van der Waals surface area contributed by atoms with Gasteiger partial charge in [0.15, 0.2) is 0 Å². The van der Waals surface area contributed by atoms with Gasteiger partial charge in [0.05, 0.1) is 0 Å². The maximum Gasteiger partial charge on any atom is 0.405 e. The highest BCUT2D eigenvalue weighted by Gasteiger charge is 2.58. The van der Waals surface area contributed by atoms with Crippen LogP contribution in [-0.2, 0) is 5.41 Å². The van der Waals surface area contributed by atoms with Crippen molar-refractivity contribution >= 4 is 11.4 Å². The first kappa shape index (κ1) is 14.4. The summed E-state index contributed by atoms with van der Waals surface area (Å²) in [5.41, 5.74) is -4.19. The van der Waals surface area contributed by atoms with Gasteiger partial charge in [0.1, 0.15) is 16.9 Å². The minimum atomic E-state index is -4.79. The van der Waals surface area contributed by atoms with E-state index in [1.165, 1.54) is 6.07 Å². The molecule has 1 aromatic carbocycles. The van der Waals surface area contributed by atoms with E-state index in [4.69, 9.17) is 0 Å². The Morgan fingerprint density at radius 2 is 1.91 bits per heavy atom. The highest BCUT2D eigenvalue weighted by Crippen LogP contribution is 2.54. The molecule has 0 amide bonds. The third-order valence-corrected chi connectivity index (χ3v) is 3.81. The van der Waals surface area contributed by atoms with Crippen LogP contribution in [0.15, 0.2) is 47.9 Å². The van der Waals surface area contributed by atoms with E-state index in [0.29, 0.717) is 6.08 Å². The number of aromatic amines is 1. The van der Waals surface area contributed by atoms with Gasteiger partial charge in [0.25, 0.3) is 5.56 Å². The first-order valence-electron chi connectivity index (χ1n) is 6.31. The fraction of sp³-hybridized carbons (Fsp3) is 0.133. The zero-order valence-electron chi connectivity index (χ0n) is 11.1. The summed E-state index contributed by atoms with van der Waals surface area (Å²) in [6.07, 6.45) is -2.97. The first-order chi connectivity index (χ1) is 10.3. The molecule has 1 aliphatic heterocycles. The standard InChI is InChI=1S/C15H10F4N2O/c1-2-14(15(17,18)19)9-5-6-20-13(22)12(9)21-11-4-3-8(16)7-10(11)14/h2-7,21H,1H2,(H,20,22). The van der Waals surface area contributed by atoms with Gasteiger partial charge in [-0.3, -0.25) is 4.79 Å². The number of fused-ring (bicyclic) bond motifs is 2. The lowest BCUT2D eigenvalue weighted by Gasteiger charge is -2.39. The number of nitrogens with one attached hydrogen (secondary N) is 2. The second-order valence-corrected chi connectivity index (χ2v) is 4.92. The molecule has 1 atom stereocenters. The summed E-state index contributed by atoms with van der Waals surface area (Å²) in [6.45, 7) is 3.30. The number of hydrogen-bond donors (Lipinski definition) is 2. The maximum atomic E-state index is 13.9. The van der Waals surface area contributed by atoms with Gasteiger partial charge in [0, 0.05) is 23.0 Å². The molecule has 0 aliphatic carbocycles. The minimum Gasteiger partial charge on any atom is -0.350 e. The van der Waals surface area contributed by atoms with Gasteiger partial charge in [-0.05, 0) is 24.3 Å². The van der Waals surface area contributed by atoms with E-state index >= 15 is 0 Å². The first-order valence-corrected chi connectivity index (χ1v) is 6.31.